The van der Waals surface area contributed by atoms with Gasteiger partial charge in [-0.1, -0.05) is 30.7 Å². The number of carbonyl (C=O) groups is 1. The lowest BCUT2D eigenvalue weighted by molar-refractivity contribution is -0.112. The minimum absolute atomic E-state index is 0.0173. The molecule has 0 radical (unpaired) electrons. The first kappa shape index (κ1) is 21.0. The lowest BCUT2D eigenvalue weighted by Gasteiger charge is -2.13. The zero-order valence-electron chi connectivity index (χ0n) is 17.1. The van der Waals surface area contributed by atoms with Gasteiger partial charge in [-0.3, -0.25) is 4.79 Å². The van der Waals surface area contributed by atoms with Crippen LogP contribution < -0.4 is 14.8 Å². The molecular weight excluding hydrogens is 352 g/mol. The number of hydrogen-bond donors (Lipinski definition) is 1. The van der Waals surface area contributed by atoms with Gasteiger partial charge in [-0.25, -0.2) is 0 Å². The molecule has 146 valence electrons. The van der Waals surface area contributed by atoms with Crippen molar-refractivity contribution in [2.24, 2.45) is 0 Å². The van der Waals surface area contributed by atoms with Crippen molar-refractivity contribution >= 4 is 17.7 Å². The average Bonchev–Trinajstić information content (AvgIpc) is 2.67. The van der Waals surface area contributed by atoms with Gasteiger partial charge in [0.15, 0.2) is 11.5 Å². The highest BCUT2D eigenvalue weighted by molar-refractivity contribution is 6.10. The Labute approximate surface area is 166 Å². The highest BCUT2D eigenvalue weighted by Gasteiger charge is 2.14. The highest BCUT2D eigenvalue weighted by Crippen LogP contribution is 2.29. The molecule has 2 aromatic carbocycles. The number of aryl methyl sites for hydroxylation is 3. The summed E-state index contributed by atoms with van der Waals surface area (Å²) in [6, 6.07) is 11.3. The Morgan fingerprint density at radius 1 is 1.14 bits per heavy atom. The van der Waals surface area contributed by atoms with E-state index in [1.807, 2.05) is 45.9 Å². The predicted molar refractivity (Wildman–Crippen MR) is 112 cm³/mol. The standard InChI is InChI=1S/C23H26N2O3/c1-6-9-28-20-8-7-18(13-21(20)27-5)12-19(14-24)23(26)25-22-16(3)10-15(2)11-17(22)4/h7-8,10-13H,6,9H2,1-5H3,(H,25,26)/b19-12+. The fourth-order valence-electron chi connectivity index (χ4n) is 2.98. The van der Waals surface area contributed by atoms with Crippen molar-refractivity contribution in [2.45, 2.75) is 34.1 Å². The van der Waals surface area contributed by atoms with Gasteiger partial charge in [0.05, 0.1) is 13.7 Å². The number of nitrogens with zero attached hydrogens (tertiary/aromatic N) is 1. The number of methoxy groups -OCH3 is 1. The molecule has 2 rings (SSSR count). The molecule has 0 unspecified atom stereocenters. The lowest BCUT2D eigenvalue weighted by atomic mass is 10.0. The number of nitriles is 1. The first-order valence-corrected chi connectivity index (χ1v) is 9.21. The molecule has 2 aromatic rings. The molecule has 0 aliphatic carbocycles. The van der Waals surface area contributed by atoms with Crippen LogP contribution in [0, 0.1) is 32.1 Å². The van der Waals surface area contributed by atoms with Crippen LogP contribution in [0.2, 0.25) is 0 Å². The third-order valence-corrected chi connectivity index (χ3v) is 4.24. The molecule has 0 aliphatic heterocycles. The van der Waals surface area contributed by atoms with Crippen molar-refractivity contribution in [1.82, 2.24) is 0 Å². The number of amides is 1. The van der Waals surface area contributed by atoms with E-state index < -0.39 is 5.91 Å². The second-order valence-corrected chi connectivity index (χ2v) is 6.66. The maximum atomic E-state index is 12.6. The number of hydrogen-bond acceptors (Lipinski definition) is 4. The molecular formula is C23H26N2O3. The van der Waals surface area contributed by atoms with E-state index in [4.69, 9.17) is 9.47 Å². The number of ether oxygens (including phenoxy) is 2. The summed E-state index contributed by atoms with van der Waals surface area (Å²) >= 11 is 0. The normalized spacial score (nSPS) is 10.9. The maximum absolute atomic E-state index is 12.6. The van der Waals surface area contributed by atoms with E-state index in [9.17, 15) is 10.1 Å². The Morgan fingerprint density at radius 3 is 2.39 bits per heavy atom. The minimum atomic E-state index is -0.442. The SMILES string of the molecule is CCCOc1ccc(/C=C(\C#N)C(=O)Nc2c(C)cc(C)cc2C)cc1OC. The summed E-state index contributed by atoms with van der Waals surface area (Å²) in [6.45, 7) is 8.50. The number of benzene rings is 2. The second-order valence-electron chi connectivity index (χ2n) is 6.66. The molecule has 0 saturated heterocycles. The Balaban J connectivity index is 2.28. The van der Waals surface area contributed by atoms with Crippen molar-refractivity contribution in [1.29, 1.82) is 5.26 Å². The first-order valence-electron chi connectivity index (χ1n) is 9.21. The largest absolute Gasteiger partial charge is 0.493 e. The summed E-state index contributed by atoms with van der Waals surface area (Å²) in [6.07, 6.45) is 2.43. The van der Waals surface area contributed by atoms with E-state index in [-0.39, 0.29) is 5.57 Å². The predicted octanol–water partition coefficient (Wildman–Crippen LogP) is 4.95. The van der Waals surface area contributed by atoms with Gasteiger partial charge in [0.25, 0.3) is 5.91 Å². The lowest BCUT2D eigenvalue weighted by Crippen LogP contribution is -2.15. The summed E-state index contributed by atoms with van der Waals surface area (Å²) in [5, 5.41) is 12.3. The van der Waals surface area contributed by atoms with E-state index in [2.05, 4.69) is 5.32 Å². The third-order valence-electron chi connectivity index (χ3n) is 4.24. The molecule has 0 aliphatic rings. The molecule has 0 saturated carbocycles. The van der Waals surface area contributed by atoms with Crippen LogP contribution in [0.5, 0.6) is 11.5 Å². The van der Waals surface area contributed by atoms with Crippen LogP contribution in [-0.4, -0.2) is 19.6 Å². The Bertz CT molecular complexity index is 916. The molecule has 0 atom stereocenters. The van der Waals surface area contributed by atoms with Crippen molar-refractivity contribution in [3.05, 3.63) is 58.2 Å². The van der Waals surface area contributed by atoms with Gasteiger partial charge >= 0.3 is 0 Å². The minimum Gasteiger partial charge on any atom is -0.493 e. The zero-order valence-corrected chi connectivity index (χ0v) is 17.1. The van der Waals surface area contributed by atoms with E-state index in [0.717, 1.165) is 28.8 Å². The summed E-state index contributed by atoms with van der Waals surface area (Å²) in [5.41, 5.74) is 4.48. The number of carbonyl (C=O) groups excluding carboxylic acids is 1. The van der Waals surface area contributed by atoms with Crippen molar-refractivity contribution < 1.29 is 14.3 Å². The van der Waals surface area contributed by atoms with Gasteiger partial charge in [-0.15, -0.1) is 0 Å². The monoisotopic (exact) mass is 378 g/mol. The van der Waals surface area contributed by atoms with Crippen molar-refractivity contribution in [2.75, 3.05) is 19.0 Å². The van der Waals surface area contributed by atoms with E-state index >= 15 is 0 Å². The van der Waals surface area contributed by atoms with Gasteiger partial charge in [0, 0.05) is 5.69 Å². The Hall–Kier alpha value is -3.26. The van der Waals surface area contributed by atoms with Crippen LogP contribution in [0.3, 0.4) is 0 Å². The van der Waals surface area contributed by atoms with E-state index in [1.165, 1.54) is 0 Å². The molecule has 0 fully saturated rings. The molecule has 0 bridgehead atoms. The summed E-state index contributed by atoms with van der Waals surface area (Å²) in [5.74, 6) is 0.753. The van der Waals surface area contributed by atoms with E-state index in [1.54, 1.807) is 31.4 Å². The van der Waals surface area contributed by atoms with Crippen LogP contribution in [0.1, 0.15) is 35.6 Å². The van der Waals surface area contributed by atoms with Gasteiger partial charge < -0.3 is 14.8 Å². The van der Waals surface area contributed by atoms with Gasteiger partial charge in [0.1, 0.15) is 11.6 Å². The van der Waals surface area contributed by atoms with Gasteiger partial charge in [0.2, 0.25) is 0 Å². The van der Waals surface area contributed by atoms with E-state index in [0.29, 0.717) is 23.7 Å². The quantitative estimate of drug-likeness (QED) is 0.546. The third kappa shape index (κ3) is 5.14. The van der Waals surface area contributed by atoms with Crippen LogP contribution in [0.25, 0.3) is 6.08 Å². The summed E-state index contributed by atoms with van der Waals surface area (Å²) in [4.78, 5) is 12.6. The fourth-order valence-corrected chi connectivity index (χ4v) is 2.98. The van der Waals surface area contributed by atoms with Crippen LogP contribution in [0.4, 0.5) is 5.69 Å². The molecule has 0 spiro atoms. The second kappa shape index (κ2) is 9.61. The molecule has 5 heteroatoms. The van der Waals surface area contributed by atoms with Gasteiger partial charge in [-0.2, -0.15) is 5.26 Å². The number of nitrogens with one attached hydrogen (secondary N) is 1. The van der Waals surface area contributed by atoms with Crippen LogP contribution in [-0.2, 0) is 4.79 Å². The summed E-state index contributed by atoms with van der Waals surface area (Å²) in [7, 11) is 1.56. The number of rotatable bonds is 7. The number of anilines is 1. The molecule has 1 amide bonds. The van der Waals surface area contributed by atoms with Crippen molar-refractivity contribution in [3.8, 4) is 17.6 Å². The Kier molecular flexibility index (Phi) is 7.22. The summed E-state index contributed by atoms with van der Waals surface area (Å²) < 4.78 is 11.0. The molecule has 28 heavy (non-hydrogen) atoms. The first-order chi connectivity index (χ1) is 13.4. The average molecular weight is 378 g/mol. The molecule has 0 heterocycles. The van der Waals surface area contributed by atoms with Crippen LogP contribution in [0.15, 0.2) is 35.9 Å². The maximum Gasteiger partial charge on any atom is 0.266 e. The smallest absolute Gasteiger partial charge is 0.266 e. The molecule has 0 aromatic heterocycles. The zero-order chi connectivity index (χ0) is 20.7. The van der Waals surface area contributed by atoms with Gasteiger partial charge in [-0.05, 0) is 62.1 Å². The Morgan fingerprint density at radius 2 is 1.82 bits per heavy atom. The molecule has 1 N–H and O–H groups in total. The topological polar surface area (TPSA) is 71.3 Å². The fraction of sp³-hybridized carbons (Fsp3) is 0.304. The van der Waals surface area contributed by atoms with Crippen LogP contribution >= 0.6 is 0 Å². The molecule has 5 nitrogen and oxygen atoms in total. The highest BCUT2D eigenvalue weighted by atomic mass is 16.5. The van der Waals surface area contributed by atoms with Crippen molar-refractivity contribution in [3.63, 3.8) is 0 Å².